The molecule has 1 aliphatic rings. The molecule has 0 bridgehead atoms. The van der Waals surface area contributed by atoms with Crippen LogP contribution in [0.5, 0.6) is 5.75 Å². The van der Waals surface area contributed by atoms with E-state index in [2.05, 4.69) is 22.4 Å². The fraction of sp³-hybridized carbons (Fsp3) is 0.526. The largest absolute Gasteiger partial charge is 0.493 e. The second kappa shape index (κ2) is 9.07. The number of nitrogens with zero attached hydrogens (tertiary/aromatic N) is 2. The van der Waals surface area contributed by atoms with Gasteiger partial charge in [-0.25, -0.2) is 0 Å². The lowest BCUT2D eigenvalue weighted by Gasteiger charge is -2.29. The minimum Gasteiger partial charge on any atom is -0.493 e. The lowest BCUT2D eigenvalue weighted by molar-refractivity contribution is -0.119. The molecule has 1 fully saturated rings. The molecular weight excluding hydrogens is 350 g/mol. The maximum absolute atomic E-state index is 12.2. The van der Waals surface area contributed by atoms with E-state index < -0.39 is 0 Å². The first kappa shape index (κ1) is 18.8. The summed E-state index contributed by atoms with van der Waals surface area (Å²) >= 11 is 1.26. The van der Waals surface area contributed by atoms with Gasteiger partial charge in [0.05, 0.1) is 17.9 Å². The summed E-state index contributed by atoms with van der Waals surface area (Å²) in [5.41, 5.74) is 0.759. The van der Waals surface area contributed by atoms with E-state index in [9.17, 15) is 4.79 Å². The van der Waals surface area contributed by atoms with Crippen molar-refractivity contribution in [1.82, 2.24) is 15.5 Å². The third-order valence-electron chi connectivity index (χ3n) is 4.61. The van der Waals surface area contributed by atoms with E-state index in [4.69, 9.17) is 9.15 Å². The van der Waals surface area contributed by atoms with Crippen molar-refractivity contribution in [2.75, 3.05) is 12.4 Å². The second-order valence-electron chi connectivity index (χ2n) is 6.53. The molecular formula is C19H25N3O3S. The van der Waals surface area contributed by atoms with Gasteiger partial charge in [0.2, 0.25) is 5.91 Å². The smallest absolute Gasteiger partial charge is 0.277 e. The van der Waals surface area contributed by atoms with Gasteiger partial charge < -0.3 is 14.5 Å². The number of amides is 1. The Labute approximate surface area is 158 Å². The highest BCUT2D eigenvalue weighted by atomic mass is 32.2. The van der Waals surface area contributed by atoms with Gasteiger partial charge in [-0.2, -0.15) is 0 Å². The molecule has 1 aliphatic carbocycles. The number of rotatable bonds is 7. The second-order valence-corrected chi connectivity index (χ2v) is 7.45. The molecule has 2 unspecified atom stereocenters. The molecule has 2 atom stereocenters. The van der Waals surface area contributed by atoms with Crippen LogP contribution in [0.25, 0.3) is 11.5 Å². The van der Waals surface area contributed by atoms with Crippen LogP contribution in [0.2, 0.25) is 0 Å². The van der Waals surface area contributed by atoms with Gasteiger partial charge in [-0.15, -0.1) is 10.2 Å². The van der Waals surface area contributed by atoms with Crippen molar-refractivity contribution in [3.05, 3.63) is 24.3 Å². The van der Waals surface area contributed by atoms with Gasteiger partial charge in [-0.05, 0) is 37.8 Å². The van der Waals surface area contributed by atoms with Crippen LogP contribution in [0.15, 0.2) is 33.9 Å². The number of hydrogen-bond acceptors (Lipinski definition) is 6. The Hall–Kier alpha value is -2.02. The molecule has 3 rings (SSSR count). The minimum absolute atomic E-state index is 0.0169. The van der Waals surface area contributed by atoms with Crippen molar-refractivity contribution in [3.8, 4) is 17.2 Å². The van der Waals surface area contributed by atoms with Gasteiger partial charge in [0.1, 0.15) is 5.75 Å². The summed E-state index contributed by atoms with van der Waals surface area (Å²) in [6.45, 7) is 4.70. The maximum atomic E-state index is 12.2. The van der Waals surface area contributed by atoms with Gasteiger partial charge in [-0.3, -0.25) is 4.79 Å². The average molecular weight is 375 g/mol. The van der Waals surface area contributed by atoms with Crippen molar-refractivity contribution < 1.29 is 13.9 Å². The molecule has 1 aromatic heterocycles. The molecule has 1 aromatic carbocycles. The average Bonchev–Trinajstić information content (AvgIpc) is 3.12. The Balaban J connectivity index is 1.56. The molecule has 1 saturated carbocycles. The SMILES string of the molecule is CCOc1ccccc1-c1nnc(SCC(=O)NC2CCCCC2C)o1. The summed E-state index contributed by atoms with van der Waals surface area (Å²) in [6.07, 6.45) is 4.70. The molecule has 1 amide bonds. The Morgan fingerprint density at radius 2 is 2.12 bits per heavy atom. The zero-order valence-corrected chi connectivity index (χ0v) is 16.1. The minimum atomic E-state index is 0.0169. The van der Waals surface area contributed by atoms with Crippen LogP contribution in [0.3, 0.4) is 0 Å². The quantitative estimate of drug-likeness (QED) is 0.739. The number of aromatic nitrogens is 2. The van der Waals surface area contributed by atoms with Crippen molar-refractivity contribution in [2.45, 2.75) is 50.8 Å². The number of carbonyl (C=O) groups is 1. The normalized spacial score (nSPS) is 19.9. The zero-order valence-electron chi connectivity index (χ0n) is 15.2. The standard InChI is InChI=1S/C19H25N3O3S/c1-3-24-16-11-7-5-9-14(16)18-21-22-19(25-18)26-12-17(23)20-15-10-6-4-8-13(15)2/h5,7,9,11,13,15H,3-4,6,8,10,12H2,1-2H3,(H,20,23). The van der Waals surface area contributed by atoms with E-state index in [0.29, 0.717) is 29.4 Å². The molecule has 1 heterocycles. The third-order valence-corrected chi connectivity index (χ3v) is 5.43. The van der Waals surface area contributed by atoms with Crippen molar-refractivity contribution in [3.63, 3.8) is 0 Å². The van der Waals surface area contributed by atoms with Crippen LogP contribution in [0.4, 0.5) is 0 Å². The predicted molar refractivity (Wildman–Crippen MR) is 101 cm³/mol. The van der Waals surface area contributed by atoms with Gasteiger partial charge in [0.25, 0.3) is 11.1 Å². The highest BCUT2D eigenvalue weighted by molar-refractivity contribution is 7.99. The molecule has 1 N–H and O–H groups in total. The lowest BCUT2D eigenvalue weighted by Crippen LogP contribution is -2.41. The van der Waals surface area contributed by atoms with E-state index in [0.717, 1.165) is 12.0 Å². The van der Waals surface area contributed by atoms with Crippen LogP contribution in [0, 0.1) is 5.92 Å². The van der Waals surface area contributed by atoms with E-state index in [-0.39, 0.29) is 17.7 Å². The molecule has 0 radical (unpaired) electrons. The fourth-order valence-electron chi connectivity index (χ4n) is 3.21. The first-order valence-corrected chi connectivity index (χ1v) is 10.1. The lowest BCUT2D eigenvalue weighted by atomic mass is 9.86. The number of para-hydroxylation sites is 1. The first-order valence-electron chi connectivity index (χ1n) is 9.15. The summed E-state index contributed by atoms with van der Waals surface area (Å²) in [5, 5.41) is 11.6. The Morgan fingerprint density at radius 1 is 1.31 bits per heavy atom. The number of nitrogens with one attached hydrogen (secondary N) is 1. The molecule has 140 valence electrons. The topological polar surface area (TPSA) is 77.2 Å². The molecule has 7 heteroatoms. The number of ether oxygens (including phenoxy) is 1. The van der Waals surface area contributed by atoms with E-state index in [1.807, 2.05) is 31.2 Å². The highest BCUT2D eigenvalue weighted by Crippen LogP contribution is 2.30. The summed E-state index contributed by atoms with van der Waals surface area (Å²) in [5.74, 6) is 1.95. The summed E-state index contributed by atoms with van der Waals surface area (Å²) in [6, 6.07) is 7.83. The Kier molecular flexibility index (Phi) is 6.55. The van der Waals surface area contributed by atoms with E-state index in [1.165, 1.54) is 31.0 Å². The maximum Gasteiger partial charge on any atom is 0.277 e. The van der Waals surface area contributed by atoms with Crippen LogP contribution in [-0.4, -0.2) is 34.5 Å². The summed E-state index contributed by atoms with van der Waals surface area (Å²) in [4.78, 5) is 12.2. The summed E-state index contributed by atoms with van der Waals surface area (Å²) in [7, 11) is 0. The zero-order chi connectivity index (χ0) is 18.4. The van der Waals surface area contributed by atoms with Crippen LogP contribution in [0.1, 0.15) is 39.5 Å². The fourth-order valence-corrected chi connectivity index (χ4v) is 3.78. The highest BCUT2D eigenvalue weighted by Gasteiger charge is 2.23. The van der Waals surface area contributed by atoms with E-state index >= 15 is 0 Å². The molecule has 0 saturated heterocycles. The van der Waals surface area contributed by atoms with Gasteiger partial charge in [-0.1, -0.05) is 43.7 Å². The van der Waals surface area contributed by atoms with Gasteiger partial charge in [0.15, 0.2) is 0 Å². The van der Waals surface area contributed by atoms with Crippen molar-refractivity contribution in [2.24, 2.45) is 5.92 Å². The molecule has 0 spiro atoms. The monoisotopic (exact) mass is 375 g/mol. The Morgan fingerprint density at radius 3 is 2.92 bits per heavy atom. The van der Waals surface area contributed by atoms with Crippen LogP contribution in [-0.2, 0) is 4.79 Å². The van der Waals surface area contributed by atoms with Crippen LogP contribution < -0.4 is 10.1 Å². The van der Waals surface area contributed by atoms with Crippen molar-refractivity contribution in [1.29, 1.82) is 0 Å². The number of hydrogen-bond donors (Lipinski definition) is 1. The Bertz CT molecular complexity index is 734. The van der Waals surface area contributed by atoms with Crippen molar-refractivity contribution >= 4 is 17.7 Å². The van der Waals surface area contributed by atoms with E-state index in [1.54, 1.807) is 0 Å². The van der Waals surface area contributed by atoms with Gasteiger partial charge >= 0.3 is 0 Å². The number of carbonyl (C=O) groups excluding carboxylic acids is 1. The molecule has 26 heavy (non-hydrogen) atoms. The first-order chi connectivity index (χ1) is 12.7. The molecule has 0 aliphatic heterocycles. The third kappa shape index (κ3) is 4.78. The predicted octanol–water partition coefficient (Wildman–Crippen LogP) is 3.92. The number of thioether (sulfide) groups is 1. The molecule has 2 aromatic rings. The number of benzene rings is 1. The van der Waals surface area contributed by atoms with Gasteiger partial charge in [0, 0.05) is 6.04 Å². The molecule has 6 nitrogen and oxygen atoms in total. The summed E-state index contributed by atoms with van der Waals surface area (Å²) < 4.78 is 11.3. The van der Waals surface area contributed by atoms with Crippen LogP contribution >= 0.6 is 11.8 Å².